The van der Waals surface area contributed by atoms with Gasteiger partial charge in [0.25, 0.3) is 0 Å². The molecule has 2 N–H and O–H groups in total. The molecule has 2 aromatic rings. The molecule has 1 aromatic carbocycles. The second-order valence-corrected chi connectivity index (χ2v) is 4.03. The maximum Gasteiger partial charge on any atom is 0.0893 e. The Morgan fingerprint density at radius 1 is 1.31 bits per heavy atom. The molecule has 0 aliphatic rings. The molecule has 84 valence electrons. The number of benzene rings is 1. The van der Waals surface area contributed by atoms with Gasteiger partial charge in [0, 0.05) is 11.9 Å². The largest absolute Gasteiger partial charge is 0.394 e. The summed E-state index contributed by atoms with van der Waals surface area (Å²) in [5.41, 5.74) is 1.98. The lowest BCUT2D eigenvalue weighted by atomic mass is 10.1. The average molecular weight is 235 g/mol. The number of aliphatic hydroxyl groups excluding tert-OH is 1. The third-order valence-corrected chi connectivity index (χ3v) is 2.87. The van der Waals surface area contributed by atoms with Crippen LogP contribution in [0.1, 0.15) is 17.3 Å². The summed E-state index contributed by atoms with van der Waals surface area (Å²) < 4.78 is 3.79. The van der Waals surface area contributed by atoms with Crippen LogP contribution in [0.25, 0.3) is 0 Å². The normalized spacial score (nSPS) is 12.6. The molecule has 2 rings (SSSR count). The molecule has 0 saturated heterocycles. The van der Waals surface area contributed by atoms with Gasteiger partial charge in [0.05, 0.1) is 18.3 Å². The van der Waals surface area contributed by atoms with Gasteiger partial charge in [0.2, 0.25) is 0 Å². The zero-order valence-corrected chi connectivity index (χ0v) is 9.52. The molecule has 1 atom stereocenters. The number of hydrogen-bond acceptors (Lipinski definition) is 5. The van der Waals surface area contributed by atoms with E-state index < -0.39 is 0 Å². The first kappa shape index (κ1) is 11.2. The third-order valence-electron chi connectivity index (χ3n) is 2.32. The molecule has 0 fully saturated rings. The molecule has 4 nitrogen and oxygen atoms in total. The van der Waals surface area contributed by atoms with Crippen molar-refractivity contribution in [2.75, 3.05) is 6.61 Å². The fourth-order valence-electron chi connectivity index (χ4n) is 1.46. The molecule has 0 amide bonds. The van der Waals surface area contributed by atoms with Crippen molar-refractivity contribution >= 4 is 11.5 Å². The minimum absolute atomic E-state index is 0.0529. The Kier molecular flexibility index (Phi) is 3.98. The molecular formula is C11H13N3OS. The van der Waals surface area contributed by atoms with Crippen LogP contribution in [0.3, 0.4) is 0 Å². The Labute approximate surface area is 98.1 Å². The highest BCUT2D eigenvalue weighted by Crippen LogP contribution is 2.12. The predicted molar refractivity (Wildman–Crippen MR) is 63.0 cm³/mol. The summed E-state index contributed by atoms with van der Waals surface area (Å²) in [6.45, 7) is 0.693. The summed E-state index contributed by atoms with van der Waals surface area (Å²) in [5, 5.41) is 18.4. The standard InChI is InChI=1S/C11H13N3OS/c15-7-11(9-4-2-1-3-5-9)12-6-10-8-16-14-13-10/h1-5,8,11-12,15H,6-7H2/t11-/m0/s1. The first-order valence-corrected chi connectivity index (χ1v) is 5.89. The van der Waals surface area contributed by atoms with Crippen molar-refractivity contribution in [3.05, 3.63) is 47.0 Å². The van der Waals surface area contributed by atoms with E-state index in [0.717, 1.165) is 11.3 Å². The molecule has 1 heterocycles. The third kappa shape index (κ3) is 2.85. The van der Waals surface area contributed by atoms with Gasteiger partial charge in [-0.1, -0.05) is 34.8 Å². The number of nitrogens with one attached hydrogen (secondary N) is 1. The van der Waals surface area contributed by atoms with E-state index in [1.807, 2.05) is 35.7 Å². The molecule has 0 saturated carbocycles. The Morgan fingerprint density at radius 3 is 2.75 bits per heavy atom. The van der Waals surface area contributed by atoms with Crippen LogP contribution in [0.4, 0.5) is 0 Å². The highest BCUT2D eigenvalue weighted by atomic mass is 32.1. The number of rotatable bonds is 5. The van der Waals surface area contributed by atoms with E-state index in [2.05, 4.69) is 14.9 Å². The van der Waals surface area contributed by atoms with Crippen LogP contribution in [0, 0.1) is 0 Å². The van der Waals surface area contributed by atoms with Gasteiger partial charge in [0.15, 0.2) is 0 Å². The Hall–Kier alpha value is -1.30. The van der Waals surface area contributed by atoms with Crippen LogP contribution >= 0.6 is 11.5 Å². The molecule has 0 aliphatic carbocycles. The van der Waals surface area contributed by atoms with Gasteiger partial charge < -0.3 is 10.4 Å². The molecule has 1 aromatic heterocycles. The quantitative estimate of drug-likeness (QED) is 0.821. The smallest absolute Gasteiger partial charge is 0.0893 e. The highest BCUT2D eigenvalue weighted by molar-refractivity contribution is 7.03. The second kappa shape index (κ2) is 5.69. The summed E-state index contributed by atoms with van der Waals surface area (Å²) in [4.78, 5) is 0. The zero-order valence-electron chi connectivity index (χ0n) is 8.71. The van der Waals surface area contributed by atoms with E-state index in [1.165, 1.54) is 11.5 Å². The van der Waals surface area contributed by atoms with Crippen molar-refractivity contribution in [1.82, 2.24) is 14.9 Å². The van der Waals surface area contributed by atoms with Crippen LogP contribution in [-0.2, 0) is 6.54 Å². The molecular weight excluding hydrogens is 222 g/mol. The Morgan fingerprint density at radius 2 is 2.12 bits per heavy atom. The number of aromatic nitrogens is 2. The molecule has 16 heavy (non-hydrogen) atoms. The van der Waals surface area contributed by atoms with E-state index in [9.17, 15) is 5.11 Å². The Bertz CT molecular complexity index is 404. The molecule has 0 unspecified atom stereocenters. The first-order valence-electron chi connectivity index (χ1n) is 5.05. The summed E-state index contributed by atoms with van der Waals surface area (Å²) in [6.07, 6.45) is 0. The van der Waals surface area contributed by atoms with Gasteiger partial charge in [-0.3, -0.25) is 0 Å². The van der Waals surface area contributed by atoms with Gasteiger partial charge in [-0.2, -0.15) is 0 Å². The summed E-state index contributed by atoms with van der Waals surface area (Å²) in [5.74, 6) is 0. The lowest BCUT2D eigenvalue weighted by Crippen LogP contribution is -2.24. The average Bonchev–Trinajstić information content (AvgIpc) is 2.84. The van der Waals surface area contributed by atoms with Gasteiger partial charge in [-0.05, 0) is 17.1 Å². The number of nitrogens with zero attached hydrogens (tertiary/aromatic N) is 2. The zero-order chi connectivity index (χ0) is 11.2. The van der Waals surface area contributed by atoms with E-state index in [4.69, 9.17) is 0 Å². The van der Waals surface area contributed by atoms with Crippen LogP contribution in [0.15, 0.2) is 35.7 Å². The Balaban J connectivity index is 1.96. The maximum atomic E-state index is 9.31. The van der Waals surface area contributed by atoms with Crippen molar-refractivity contribution in [3.63, 3.8) is 0 Å². The SMILES string of the molecule is OC[C@H](NCc1csnn1)c1ccccc1. The van der Waals surface area contributed by atoms with Crippen LogP contribution in [0.5, 0.6) is 0 Å². The fourth-order valence-corrected chi connectivity index (χ4v) is 1.91. The second-order valence-electron chi connectivity index (χ2n) is 3.42. The van der Waals surface area contributed by atoms with Crippen molar-refractivity contribution in [1.29, 1.82) is 0 Å². The first-order chi connectivity index (χ1) is 7.90. The number of aliphatic hydroxyl groups is 1. The molecule has 5 heteroatoms. The monoisotopic (exact) mass is 235 g/mol. The topological polar surface area (TPSA) is 58.0 Å². The summed E-state index contributed by atoms with van der Waals surface area (Å²) in [6, 6.07) is 9.82. The van der Waals surface area contributed by atoms with Gasteiger partial charge in [0.1, 0.15) is 0 Å². The van der Waals surface area contributed by atoms with E-state index in [0.29, 0.717) is 6.54 Å². The predicted octanol–water partition coefficient (Wildman–Crippen LogP) is 1.36. The lowest BCUT2D eigenvalue weighted by Gasteiger charge is -2.15. The minimum Gasteiger partial charge on any atom is -0.394 e. The molecule has 0 radical (unpaired) electrons. The molecule has 0 bridgehead atoms. The number of hydrogen-bond donors (Lipinski definition) is 2. The van der Waals surface area contributed by atoms with Gasteiger partial charge in [-0.15, -0.1) is 5.10 Å². The van der Waals surface area contributed by atoms with E-state index in [1.54, 1.807) is 0 Å². The van der Waals surface area contributed by atoms with Crippen molar-refractivity contribution in [2.45, 2.75) is 12.6 Å². The van der Waals surface area contributed by atoms with Gasteiger partial charge in [-0.25, -0.2) is 0 Å². The van der Waals surface area contributed by atoms with Gasteiger partial charge >= 0.3 is 0 Å². The van der Waals surface area contributed by atoms with E-state index >= 15 is 0 Å². The van der Waals surface area contributed by atoms with Crippen molar-refractivity contribution < 1.29 is 5.11 Å². The summed E-state index contributed by atoms with van der Waals surface area (Å²) >= 11 is 1.33. The highest BCUT2D eigenvalue weighted by Gasteiger charge is 2.09. The van der Waals surface area contributed by atoms with Crippen molar-refractivity contribution in [3.8, 4) is 0 Å². The fraction of sp³-hybridized carbons (Fsp3) is 0.273. The van der Waals surface area contributed by atoms with Crippen LogP contribution in [-0.4, -0.2) is 21.3 Å². The summed E-state index contributed by atoms with van der Waals surface area (Å²) in [7, 11) is 0. The van der Waals surface area contributed by atoms with Crippen LogP contribution < -0.4 is 5.32 Å². The van der Waals surface area contributed by atoms with Crippen molar-refractivity contribution in [2.24, 2.45) is 0 Å². The molecule has 0 aliphatic heterocycles. The maximum absolute atomic E-state index is 9.31. The lowest BCUT2D eigenvalue weighted by molar-refractivity contribution is 0.243. The molecule has 0 spiro atoms. The van der Waals surface area contributed by atoms with E-state index in [-0.39, 0.29) is 12.6 Å². The van der Waals surface area contributed by atoms with Crippen LogP contribution in [0.2, 0.25) is 0 Å². The minimum atomic E-state index is -0.0529.